The first-order chi connectivity index (χ1) is 31.1. The molecule has 3 fully saturated rings. The van der Waals surface area contributed by atoms with E-state index in [0.29, 0.717) is 88.3 Å². The van der Waals surface area contributed by atoms with Gasteiger partial charge in [-0.3, -0.25) is 29.3 Å². The third-order valence-electron chi connectivity index (χ3n) is 12.4. The molecule has 0 bridgehead atoms. The molecule has 3 aliphatic rings. The van der Waals surface area contributed by atoms with Crippen LogP contribution in [0.1, 0.15) is 118 Å². The molecule has 4 aromatic rings. The molecule has 2 aromatic carbocycles. The fourth-order valence-corrected chi connectivity index (χ4v) is 8.81. The second kappa shape index (κ2) is 22.5. The van der Waals surface area contributed by atoms with Gasteiger partial charge in [-0.05, 0) is 87.1 Å². The van der Waals surface area contributed by atoms with E-state index in [1.165, 1.54) is 16.8 Å². The maximum absolute atomic E-state index is 14.6. The van der Waals surface area contributed by atoms with E-state index in [1.807, 2.05) is 34.1 Å². The predicted octanol–water partition coefficient (Wildman–Crippen LogP) is 6.05. The van der Waals surface area contributed by atoms with Crippen molar-refractivity contribution in [3.05, 3.63) is 83.7 Å². The van der Waals surface area contributed by atoms with Crippen molar-refractivity contribution in [3.8, 4) is 0 Å². The summed E-state index contributed by atoms with van der Waals surface area (Å²) in [5, 5.41) is 15.7. The van der Waals surface area contributed by atoms with Crippen LogP contribution in [0.5, 0.6) is 0 Å². The molecule has 0 aliphatic carbocycles. The highest BCUT2D eigenvalue weighted by molar-refractivity contribution is 6.01. The Morgan fingerprint density at radius 1 is 0.781 bits per heavy atom. The number of unbranched alkanes of at least 4 members (excludes halogenated alkanes) is 7. The van der Waals surface area contributed by atoms with Crippen molar-refractivity contribution >= 4 is 52.4 Å². The second-order valence-electron chi connectivity index (χ2n) is 17.0. The van der Waals surface area contributed by atoms with Gasteiger partial charge in [0.1, 0.15) is 29.1 Å². The maximum atomic E-state index is 14.6. The second-order valence-corrected chi connectivity index (χ2v) is 17.0. The zero-order valence-electron chi connectivity index (χ0n) is 36.5. The van der Waals surface area contributed by atoms with Gasteiger partial charge in [0.25, 0.3) is 5.91 Å². The van der Waals surface area contributed by atoms with Crippen LogP contribution in [0.2, 0.25) is 0 Å². The smallest absolute Gasteiger partial charge is 0.256 e. The molecule has 15 nitrogen and oxygen atoms in total. The van der Waals surface area contributed by atoms with Crippen molar-refractivity contribution in [2.24, 2.45) is 0 Å². The minimum absolute atomic E-state index is 0.00495. The number of hydrogen-bond donors (Lipinski definition) is 4. The number of amides is 5. The van der Waals surface area contributed by atoms with E-state index in [9.17, 15) is 32.8 Å². The highest BCUT2D eigenvalue weighted by atomic mass is 19.1. The van der Waals surface area contributed by atoms with E-state index < -0.39 is 17.7 Å². The van der Waals surface area contributed by atoms with E-state index in [1.54, 1.807) is 12.3 Å². The zero-order chi connectivity index (χ0) is 44.8. The molecule has 5 heterocycles. The summed E-state index contributed by atoms with van der Waals surface area (Å²) in [7, 11) is 0. The summed E-state index contributed by atoms with van der Waals surface area (Å²) in [6.45, 7) is 4.38. The Morgan fingerprint density at radius 2 is 1.50 bits per heavy atom. The minimum Gasteiger partial charge on any atom is -0.374 e. The third-order valence-corrected chi connectivity index (χ3v) is 12.4. The molecular weight excluding hydrogens is 823 g/mol. The van der Waals surface area contributed by atoms with Gasteiger partial charge in [0.2, 0.25) is 23.6 Å². The van der Waals surface area contributed by atoms with Crippen molar-refractivity contribution < 1.29 is 32.8 Å². The molecule has 3 saturated heterocycles. The number of carbonyl (C=O) groups excluding carboxylic acids is 5. The van der Waals surface area contributed by atoms with Crippen molar-refractivity contribution in [3.63, 3.8) is 0 Å². The molecule has 342 valence electrons. The molecule has 17 heteroatoms. The Morgan fingerprint density at radius 3 is 2.25 bits per heavy atom. The number of fused-ring (bicyclic) bond motifs is 1. The lowest BCUT2D eigenvalue weighted by atomic mass is 10.0. The molecule has 0 spiro atoms. The van der Waals surface area contributed by atoms with E-state index in [4.69, 9.17) is 4.98 Å². The van der Waals surface area contributed by atoms with Gasteiger partial charge in [-0.25, -0.2) is 18.3 Å². The molecule has 2 unspecified atom stereocenters. The van der Waals surface area contributed by atoms with E-state index in [2.05, 4.69) is 31.3 Å². The molecule has 3 aliphatic heterocycles. The van der Waals surface area contributed by atoms with Gasteiger partial charge < -0.3 is 30.7 Å². The van der Waals surface area contributed by atoms with Crippen LogP contribution < -0.4 is 31.1 Å². The number of anilines is 3. The number of rotatable bonds is 21. The average Bonchev–Trinajstić information content (AvgIpc) is 3.97. The van der Waals surface area contributed by atoms with Crippen molar-refractivity contribution in [2.75, 3.05) is 60.9 Å². The fraction of sp³-hybridized carbons (Fsp3) is 0.511. The number of halogens is 2. The van der Waals surface area contributed by atoms with Gasteiger partial charge in [-0.2, -0.15) is 5.10 Å². The number of hydrogen-bond acceptors (Lipinski definition) is 10. The van der Waals surface area contributed by atoms with Crippen molar-refractivity contribution in [2.45, 2.75) is 108 Å². The standard InChI is InChI=1S/C47H60F2N10O5/c48-33-14-19-38(49)36(31-33)40-11-9-25-58(40)41-22-26-59-45(54-41)37(32-52-59)46(63)51-24-10-23-50-42(60)12-7-5-3-1-2-4-6-8-13-44(62)57-29-27-56(28-30-57)35-17-15-34(16-18-35)53-39-20-21-43(61)55-47(39)64/h14-19,22,26,31-32,39-40,53H,1-13,20-21,23-25,27-30H2,(H,50,60)(H,51,63)(H,55,61,64). The average molecular weight is 883 g/mol. The van der Waals surface area contributed by atoms with Crippen molar-refractivity contribution in [1.29, 1.82) is 0 Å². The van der Waals surface area contributed by atoms with Crippen LogP contribution in [0.25, 0.3) is 5.65 Å². The summed E-state index contributed by atoms with van der Waals surface area (Å²) < 4.78 is 30.1. The minimum atomic E-state index is -0.492. The number of piperazine rings is 1. The van der Waals surface area contributed by atoms with Crippen molar-refractivity contribution in [1.82, 2.24) is 35.4 Å². The Hall–Kier alpha value is -6.13. The molecule has 64 heavy (non-hydrogen) atoms. The molecule has 0 saturated carbocycles. The maximum Gasteiger partial charge on any atom is 0.256 e. The number of imide groups is 1. The normalized spacial score (nSPS) is 17.8. The van der Waals surface area contributed by atoms with Gasteiger partial charge in [-0.1, -0.05) is 38.5 Å². The topological polar surface area (TPSA) is 173 Å². The highest BCUT2D eigenvalue weighted by Crippen LogP contribution is 2.37. The first kappa shape index (κ1) is 45.9. The van der Waals surface area contributed by atoms with E-state index in [-0.39, 0.29) is 41.1 Å². The Kier molecular flexibility index (Phi) is 16.1. The number of benzene rings is 2. The predicted molar refractivity (Wildman–Crippen MR) is 240 cm³/mol. The number of nitrogens with one attached hydrogen (secondary N) is 4. The number of aromatic nitrogens is 3. The summed E-state index contributed by atoms with van der Waals surface area (Å²) in [5.74, 6) is -1.02. The van der Waals surface area contributed by atoms with Crippen LogP contribution >= 0.6 is 0 Å². The van der Waals surface area contributed by atoms with Gasteiger partial charge >= 0.3 is 0 Å². The third kappa shape index (κ3) is 12.3. The largest absolute Gasteiger partial charge is 0.374 e. The molecule has 5 amide bonds. The van der Waals surface area contributed by atoms with Gasteiger partial charge in [-0.15, -0.1) is 0 Å². The Bertz CT molecular complexity index is 2250. The summed E-state index contributed by atoms with van der Waals surface area (Å²) in [6, 6.07) is 12.4. The van der Waals surface area contributed by atoms with Crippen LogP contribution in [0.3, 0.4) is 0 Å². The van der Waals surface area contributed by atoms with Crippen LogP contribution in [0.15, 0.2) is 60.9 Å². The van der Waals surface area contributed by atoms with Crippen LogP contribution in [-0.4, -0.2) is 101 Å². The zero-order valence-corrected chi connectivity index (χ0v) is 36.5. The molecule has 2 aromatic heterocycles. The number of nitrogens with zero attached hydrogens (tertiary/aromatic N) is 6. The van der Waals surface area contributed by atoms with Crippen LogP contribution in [0.4, 0.5) is 26.0 Å². The van der Waals surface area contributed by atoms with E-state index >= 15 is 0 Å². The highest BCUT2D eigenvalue weighted by Gasteiger charge is 2.31. The summed E-state index contributed by atoms with van der Waals surface area (Å²) in [4.78, 5) is 72.7. The summed E-state index contributed by atoms with van der Waals surface area (Å²) >= 11 is 0. The summed E-state index contributed by atoms with van der Waals surface area (Å²) in [5.41, 5.74) is 2.88. The lowest BCUT2D eigenvalue weighted by Gasteiger charge is -2.36. The van der Waals surface area contributed by atoms with Gasteiger partial charge in [0, 0.05) is 88.2 Å². The lowest BCUT2D eigenvalue weighted by molar-refractivity contribution is -0.134. The first-order valence-electron chi connectivity index (χ1n) is 23.0. The molecule has 2 atom stereocenters. The fourth-order valence-electron chi connectivity index (χ4n) is 8.81. The van der Waals surface area contributed by atoms with E-state index in [0.717, 1.165) is 94.4 Å². The Balaban J connectivity index is 0.686. The molecule has 7 rings (SSSR count). The quantitative estimate of drug-likeness (QED) is 0.0570. The van der Waals surface area contributed by atoms with Crippen LogP contribution in [-0.2, 0) is 19.2 Å². The Labute approximate surface area is 372 Å². The monoisotopic (exact) mass is 882 g/mol. The number of carbonyl (C=O) groups is 5. The SMILES string of the molecule is O=C(CCCCCCCCCCC(=O)N1CCN(c2ccc(NC3CCC(=O)NC3=O)cc2)CC1)NCCCNC(=O)c1cnn2ccc(N3CCCC3c3cc(F)ccc3F)nc12. The molecule has 0 radical (unpaired) electrons. The molecular formula is C47H60F2N10O5. The van der Waals surface area contributed by atoms with Gasteiger partial charge in [0.15, 0.2) is 5.65 Å². The first-order valence-corrected chi connectivity index (χ1v) is 23.0. The van der Waals surface area contributed by atoms with Crippen LogP contribution in [0, 0.1) is 11.6 Å². The lowest BCUT2D eigenvalue weighted by Crippen LogP contribution is -2.48. The van der Waals surface area contributed by atoms with Gasteiger partial charge in [0.05, 0.1) is 12.2 Å². The summed E-state index contributed by atoms with van der Waals surface area (Å²) in [6.07, 6.45) is 15.2. The molecule has 4 N–H and O–H groups in total. The number of piperidine rings is 1.